The Hall–Kier alpha value is -2.30. The maximum absolute atomic E-state index is 12.4. The maximum atomic E-state index is 12.4. The number of fused-ring (bicyclic) bond motifs is 1. The van der Waals surface area contributed by atoms with Crippen LogP contribution in [-0.2, 0) is 6.42 Å². The molecule has 0 fully saturated rings. The van der Waals surface area contributed by atoms with Gasteiger partial charge in [-0.25, -0.2) is 4.79 Å². The zero-order valence-electron chi connectivity index (χ0n) is 11.5. The molecule has 1 unspecified atom stereocenters. The normalized spacial score (nSPS) is 17.1. The van der Waals surface area contributed by atoms with Crippen molar-refractivity contribution in [2.75, 3.05) is 5.32 Å². The Labute approximate surface area is 116 Å². The molecule has 2 N–H and O–H groups in total. The van der Waals surface area contributed by atoms with Crippen LogP contribution in [0.3, 0.4) is 0 Å². The second kappa shape index (κ2) is 4.67. The second-order valence-corrected chi connectivity index (χ2v) is 5.36. The minimum atomic E-state index is -0.357. The molecule has 1 aliphatic rings. The number of anilines is 1. The van der Waals surface area contributed by atoms with Crippen molar-refractivity contribution in [2.24, 2.45) is 0 Å². The molecule has 0 amide bonds. The number of H-pyrrole nitrogens is 1. The summed E-state index contributed by atoms with van der Waals surface area (Å²) in [6.07, 6.45) is 0.599. The van der Waals surface area contributed by atoms with Crippen LogP contribution < -0.4 is 16.6 Å². The predicted octanol–water partition coefficient (Wildman–Crippen LogP) is 1.83. The summed E-state index contributed by atoms with van der Waals surface area (Å²) in [6, 6.07) is 9.82. The van der Waals surface area contributed by atoms with E-state index >= 15 is 0 Å². The van der Waals surface area contributed by atoms with E-state index < -0.39 is 0 Å². The molecule has 0 radical (unpaired) electrons. The van der Waals surface area contributed by atoms with E-state index in [0.29, 0.717) is 17.8 Å². The summed E-state index contributed by atoms with van der Waals surface area (Å²) in [5, 5.41) is 3.23. The molecule has 0 saturated carbocycles. The largest absolute Gasteiger partial charge is 0.364 e. The minimum absolute atomic E-state index is 0.0394. The van der Waals surface area contributed by atoms with Gasteiger partial charge in [-0.3, -0.25) is 14.3 Å². The van der Waals surface area contributed by atoms with Crippen LogP contribution >= 0.6 is 0 Å². The first-order valence-electron chi connectivity index (χ1n) is 6.77. The van der Waals surface area contributed by atoms with Gasteiger partial charge in [-0.05, 0) is 19.4 Å². The van der Waals surface area contributed by atoms with Gasteiger partial charge in [0, 0.05) is 12.5 Å². The molecule has 0 saturated heterocycles. The Morgan fingerprint density at radius 3 is 2.55 bits per heavy atom. The van der Waals surface area contributed by atoms with Crippen LogP contribution in [0.5, 0.6) is 0 Å². The van der Waals surface area contributed by atoms with Crippen LogP contribution in [0.25, 0.3) is 0 Å². The fourth-order valence-corrected chi connectivity index (χ4v) is 2.68. The first kappa shape index (κ1) is 12.7. The number of rotatable bonds is 2. The summed E-state index contributed by atoms with van der Waals surface area (Å²) in [5.74, 6) is 0.561. The molecule has 0 spiro atoms. The van der Waals surface area contributed by atoms with Gasteiger partial charge < -0.3 is 5.32 Å². The third-order valence-corrected chi connectivity index (χ3v) is 3.67. The second-order valence-electron chi connectivity index (χ2n) is 5.36. The molecule has 5 nitrogen and oxygen atoms in total. The summed E-state index contributed by atoms with van der Waals surface area (Å²) in [6.45, 7) is 3.67. The Morgan fingerprint density at radius 2 is 1.90 bits per heavy atom. The van der Waals surface area contributed by atoms with Crippen LogP contribution in [0.2, 0.25) is 0 Å². The Kier molecular flexibility index (Phi) is 2.97. The molecular weight excluding hydrogens is 254 g/mol. The maximum Gasteiger partial charge on any atom is 0.330 e. The predicted molar refractivity (Wildman–Crippen MR) is 78.2 cm³/mol. The molecule has 1 aliphatic heterocycles. The van der Waals surface area contributed by atoms with Gasteiger partial charge in [0.1, 0.15) is 5.82 Å². The zero-order chi connectivity index (χ0) is 14.3. The Morgan fingerprint density at radius 1 is 1.20 bits per heavy atom. The van der Waals surface area contributed by atoms with E-state index in [0.717, 1.165) is 5.56 Å². The highest BCUT2D eigenvalue weighted by Crippen LogP contribution is 2.29. The van der Waals surface area contributed by atoms with E-state index in [1.807, 2.05) is 44.2 Å². The topological polar surface area (TPSA) is 66.9 Å². The SMILES string of the molecule is CC(C)n1c(=O)[nH]c2c(c1=O)CC(c1ccccc1)N2. The third kappa shape index (κ3) is 1.95. The quantitative estimate of drug-likeness (QED) is 0.875. The lowest BCUT2D eigenvalue weighted by atomic mass is 10.0. The number of nitrogens with one attached hydrogen (secondary N) is 2. The van der Waals surface area contributed by atoms with Gasteiger partial charge >= 0.3 is 5.69 Å². The summed E-state index contributed by atoms with van der Waals surface area (Å²) in [5.41, 5.74) is 1.22. The van der Waals surface area contributed by atoms with Crippen molar-refractivity contribution in [3.63, 3.8) is 0 Å². The average molecular weight is 271 g/mol. The van der Waals surface area contributed by atoms with Crippen LogP contribution in [0, 0.1) is 0 Å². The summed E-state index contributed by atoms with van der Waals surface area (Å²) < 4.78 is 1.27. The standard InChI is InChI=1S/C15H17N3O2/c1-9(2)18-14(19)11-8-12(10-6-4-3-5-7-10)16-13(11)17-15(18)20/h3-7,9,12,16H,8H2,1-2H3,(H,17,20). The van der Waals surface area contributed by atoms with Crippen molar-refractivity contribution in [3.8, 4) is 0 Å². The van der Waals surface area contributed by atoms with Gasteiger partial charge in [-0.15, -0.1) is 0 Å². The van der Waals surface area contributed by atoms with Crippen molar-refractivity contribution in [3.05, 3.63) is 62.3 Å². The van der Waals surface area contributed by atoms with E-state index in [-0.39, 0.29) is 23.3 Å². The number of benzene rings is 1. The lowest BCUT2D eigenvalue weighted by molar-refractivity contribution is 0.543. The van der Waals surface area contributed by atoms with Crippen LogP contribution in [0.15, 0.2) is 39.9 Å². The monoisotopic (exact) mass is 271 g/mol. The molecule has 5 heteroatoms. The lowest BCUT2D eigenvalue weighted by Crippen LogP contribution is -2.37. The van der Waals surface area contributed by atoms with E-state index in [9.17, 15) is 9.59 Å². The molecule has 0 aliphatic carbocycles. The van der Waals surface area contributed by atoms with E-state index in [2.05, 4.69) is 10.3 Å². The van der Waals surface area contributed by atoms with E-state index in [1.54, 1.807) is 0 Å². The number of aromatic amines is 1. The molecule has 3 rings (SSSR count). The highest BCUT2D eigenvalue weighted by Gasteiger charge is 2.27. The highest BCUT2D eigenvalue weighted by molar-refractivity contribution is 5.51. The molecule has 0 bridgehead atoms. The fourth-order valence-electron chi connectivity index (χ4n) is 2.68. The van der Waals surface area contributed by atoms with Gasteiger partial charge in [-0.1, -0.05) is 30.3 Å². The number of hydrogen-bond donors (Lipinski definition) is 2. The smallest absolute Gasteiger partial charge is 0.330 e. The molecule has 2 aromatic rings. The summed E-state index contributed by atoms with van der Waals surface area (Å²) >= 11 is 0. The highest BCUT2D eigenvalue weighted by atomic mass is 16.2. The van der Waals surface area contributed by atoms with Crippen molar-refractivity contribution >= 4 is 5.82 Å². The van der Waals surface area contributed by atoms with Gasteiger partial charge in [-0.2, -0.15) is 0 Å². The molecule has 1 atom stereocenters. The molecule has 104 valence electrons. The van der Waals surface area contributed by atoms with Crippen molar-refractivity contribution in [2.45, 2.75) is 32.4 Å². The Bertz CT molecular complexity index is 744. The van der Waals surface area contributed by atoms with Crippen molar-refractivity contribution < 1.29 is 0 Å². The van der Waals surface area contributed by atoms with Gasteiger partial charge in [0.05, 0.1) is 11.6 Å². The average Bonchev–Trinajstić information content (AvgIpc) is 2.83. The lowest BCUT2D eigenvalue weighted by Gasteiger charge is -2.10. The van der Waals surface area contributed by atoms with Gasteiger partial charge in [0.25, 0.3) is 5.56 Å². The van der Waals surface area contributed by atoms with Crippen LogP contribution in [0.4, 0.5) is 5.82 Å². The summed E-state index contributed by atoms with van der Waals surface area (Å²) in [4.78, 5) is 27.1. The van der Waals surface area contributed by atoms with Gasteiger partial charge in [0.2, 0.25) is 0 Å². The molecule has 20 heavy (non-hydrogen) atoms. The van der Waals surface area contributed by atoms with Crippen LogP contribution in [-0.4, -0.2) is 9.55 Å². The van der Waals surface area contributed by atoms with Crippen LogP contribution in [0.1, 0.15) is 37.1 Å². The van der Waals surface area contributed by atoms with Gasteiger partial charge in [0.15, 0.2) is 0 Å². The molecule has 2 heterocycles. The number of hydrogen-bond acceptors (Lipinski definition) is 3. The number of nitrogens with zero attached hydrogens (tertiary/aromatic N) is 1. The number of aromatic nitrogens is 2. The van der Waals surface area contributed by atoms with Crippen molar-refractivity contribution in [1.82, 2.24) is 9.55 Å². The zero-order valence-corrected chi connectivity index (χ0v) is 11.5. The minimum Gasteiger partial charge on any atom is -0.364 e. The first-order valence-corrected chi connectivity index (χ1v) is 6.77. The summed E-state index contributed by atoms with van der Waals surface area (Å²) in [7, 11) is 0. The molecular formula is C15H17N3O2. The Balaban J connectivity index is 2.05. The molecule has 1 aromatic carbocycles. The van der Waals surface area contributed by atoms with E-state index in [1.165, 1.54) is 4.57 Å². The fraction of sp³-hybridized carbons (Fsp3) is 0.333. The molecule has 1 aromatic heterocycles. The van der Waals surface area contributed by atoms with Crippen molar-refractivity contribution in [1.29, 1.82) is 0 Å². The third-order valence-electron chi connectivity index (χ3n) is 3.67. The first-order chi connectivity index (χ1) is 9.58. The van der Waals surface area contributed by atoms with E-state index in [4.69, 9.17) is 0 Å².